The van der Waals surface area contributed by atoms with Gasteiger partial charge in [-0.2, -0.15) is 0 Å². The predicted octanol–water partition coefficient (Wildman–Crippen LogP) is -2.13. The maximum Gasteiger partial charge on any atom is 0.269 e. The Balaban J connectivity index is 2.33. The lowest BCUT2D eigenvalue weighted by Gasteiger charge is -2.27. The van der Waals surface area contributed by atoms with E-state index in [1.54, 1.807) is 26.0 Å². The highest BCUT2D eigenvalue weighted by Crippen LogP contribution is 2.15. The van der Waals surface area contributed by atoms with Crippen LogP contribution >= 0.6 is 0 Å². The Bertz CT molecular complexity index is 1880. The molecule has 23 heteroatoms. The first-order chi connectivity index (χ1) is 29.2. The number of amides is 6. The molecule has 2 rings (SSSR count). The smallest absolute Gasteiger partial charge is 0.269 e. The Morgan fingerprint density at radius 3 is 1.71 bits per heavy atom. The Hall–Kier alpha value is -7.04. The molecule has 0 aliphatic carbocycles. The third-order valence-electron chi connectivity index (χ3n) is 9.31. The van der Waals surface area contributed by atoms with Gasteiger partial charge in [0.2, 0.25) is 35.4 Å². The van der Waals surface area contributed by atoms with Crippen LogP contribution in [0.25, 0.3) is 0 Å². The van der Waals surface area contributed by atoms with Crippen molar-refractivity contribution in [1.29, 1.82) is 10.8 Å². The van der Waals surface area contributed by atoms with Crippen LogP contribution in [0.4, 0.5) is 5.69 Å². The van der Waals surface area contributed by atoms with Gasteiger partial charge in [0.25, 0.3) is 5.69 Å². The third kappa shape index (κ3) is 18.9. The molecule has 0 aromatic heterocycles. The van der Waals surface area contributed by atoms with E-state index >= 15 is 0 Å². The number of phenols is 1. The number of carbonyl (C=O) groups excluding carboxylic acids is 6. The minimum atomic E-state index is -1.37. The number of hydrogen-bond donors (Lipinski definition) is 13. The second kappa shape index (κ2) is 25.6. The van der Waals surface area contributed by atoms with Gasteiger partial charge in [-0.25, -0.2) is 0 Å². The summed E-state index contributed by atoms with van der Waals surface area (Å²) in [6.07, 6.45) is 0.602. The molecular formula is C39H60N14O9. The SMILES string of the molecule is CC(C)C[C@H](NC(=O)[C@H](Cc1ccc([N+](=O)[O-])cc1)NC(=O)CN(C)C(=O)[C@@H](N)Cc1ccc(O)cc1)C(=O)N[C@@H](CCCNC(=N)N)C(=O)N[C@H](CCCNC(=N)N)C(N)=O. The summed E-state index contributed by atoms with van der Waals surface area (Å²) in [7, 11) is 1.35. The highest BCUT2D eigenvalue weighted by Gasteiger charge is 2.32. The first-order valence-corrected chi connectivity index (χ1v) is 19.8. The first-order valence-electron chi connectivity index (χ1n) is 19.8. The molecular weight excluding hydrogens is 809 g/mol. The van der Waals surface area contributed by atoms with Crippen LogP contribution in [0.15, 0.2) is 48.5 Å². The molecule has 0 spiro atoms. The van der Waals surface area contributed by atoms with Gasteiger partial charge >= 0.3 is 0 Å². The second-order valence-corrected chi connectivity index (χ2v) is 15.1. The number of nitrogens with zero attached hydrogens (tertiary/aromatic N) is 2. The Kier molecular flexibility index (Phi) is 21.1. The van der Waals surface area contributed by atoms with Crippen molar-refractivity contribution in [3.05, 3.63) is 69.8 Å². The summed E-state index contributed by atoms with van der Waals surface area (Å²) in [5, 5.41) is 51.2. The molecule has 62 heavy (non-hydrogen) atoms. The number of hydrogen-bond acceptors (Lipinski definition) is 12. The fraction of sp³-hybridized carbons (Fsp3) is 0.487. The molecule has 0 saturated carbocycles. The highest BCUT2D eigenvalue weighted by molar-refractivity contribution is 5.96. The maximum atomic E-state index is 14.1. The van der Waals surface area contributed by atoms with Gasteiger partial charge < -0.3 is 64.8 Å². The van der Waals surface area contributed by atoms with Crippen LogP contribution < -0.4 is 54.8 Å². The zero-order chi connectivity index (χ0) is 46.5. The van der Waals surface area contributed by atoms with E-state index in [-0.39, 0.29) is 80.9 Å². The molecule has 6 amide bonds. The van der Waals surface area contributed by atoms with E-state index in [0.29, 0.717) is 17.5 Å². The van der Waals surface area contributed by atoms with Crippen molar-refractivity contribution < 1.29 is 38.8 Å². The number of nitrogens with one attached hydrogen (secondary N) is 8. The standard InChI is InChI=1S/C39H60N14O9/c1-22(2)18-30(35(58)50-29(7-5-17-47-39(44)45)34(57)49-28(33(41)56)6-4-16-46-38(42)43)51-36(59)31(20-24-8-12-25(13-9-24)53(61)62)48-32(55)21-52(3)37(60)27(40)19-23-10-14-26(54)15-11-23/h8-15,22,27-31,54H,4-7,16-21,40H2,1-3H3,(H2,41,56)(H,48,55)(H,49,57)(H,50,58)(H,51,59)(H4,42,43,46)(H4,44,45,47)/t27-,28+,29-,30-,31-/m0/s1. The van der Waals surface area contributed by atoms with Crippen LogP contribution in [0.5, 0.6) is 5.75 Å². The van der Waals surface area contributed by atoms with Crippen molar-refractivity contribution in [2.75, 3.05) is 26.7 Å². The van der Waals surface area contributed by atoms with Gasteiger partial charge in [0.15, 0.2) is 11.9 Å². The lowest BCUT2D eigenvalue weighted by Crippen LogP contribution is -2.59. The van der Waals surface area contributed by atoms with Crippen molar-refractivity contribution in [1.82, 2.24) is 36.8 Å². The summed E-state index contributed by atoms with van der Waals surface area (Å²) in [5.74, 6) is -5.29. The number of nitro benzene ring substituents is 1. The van der Waals surface area contributed by atoms with E-state index in [0.717, 1.165) is 4.90 Å². The van der Waals surface area contributed by atoms with Gasteiger partial charge in [-0.15, -0.1) is 0 Å². The molecule has 0 aliphatic rings. The summed E-state index contributed by atoms with van der Waals surface area (Å²) in [4.78, 5) is 92.2. The maximum absolute atomic E-state index is 14.1. The van der Waals surface area contributed by atoms with Gasteiger partial charge in [0.05, 0.1) is 17.5 Å². The summed E-state index contributed by atoms with van der Waals surface area (Å²) in [5.41, 5.74) is 23.2. The monoisotopic (exact) mass is 868 g/mol. The van der Waals surface area contributed by atoms with Crippen LogP contribution in [-0.4, -0.2) is 119 Å². The van der Waals surface area contributed by atoms with E-state index in [9.17, 15) is 44.0 Å². The number of non-ortho nitro benzene ring substituents is 1. The molecule has 0 unspecified atom stereocenters. The average molecular weight is 869 g/mol. The predicted molar refractivity (Wildman–Crippen MR) is 229 cm³/mol. The first kappa shape index (κ1) is 51.1. The van der Waals surface area contributed by atoms with Gasteiger partial charge in [-0.05, 0) is 67.7 Å². The molecule has 0 bridgehead atoms. The van der Waals surface area contributed by atoms with Gasteiger partial charge in [-0.3, -0.25) is 49.7 Å². The molecule has 23 nitrogen and oxygen atoms in total. The van der Waals surface area contributed by atoms with Gasteiger partial charge in [0, 0.05) is 38.7 Å². The largest absolute Gasteiger partial charge is 0.508 e. The molecule has 2 aromatic rings. The third-order valence-corrected chi connectivity index (χ3v) is 9.31. The summed E-state index contributed by atoms with van der Waals surface area (Å²) in [6, 6.07) is 5.29. The number of nitrogens with two attached hydrogens (primary N) is 4. The minimum Gasteiger partial charge on any atom is -0.508 e. The van der Waals surface area contributed by atoms with Crippen LogP contribution in [0.3, 0.4) is 0 Å². The summed E-state index contributed by atoms with van der Waals surface area (Å²) >= 11 is 0. The van der Waals surface area contributed by atoms with E-state index < -0.39 is 77.1 Å². The lowest BCUT2D eigenvalue weighted by molar-refractivity contribution is -0.384. The zero-order valence-electron chi connectivity index (χ0n) is 35.1. The van der Waals surface area contributed by atoms with Crippen LogP contribution in [0.2, 0.25) is 0 Å². The number of phenolic OH excluding ortho intramolecular Hbond substituents is 1. The average Bonchev–Trinajstić information content (AvgIpc) is 3.19. The van der Waals surface area contributed by atoms with E-state index in [2.05, 4.69) is 31.9 Å². The number of aromatic hydroxyl groups is 1. The molecule has 340 valence electrons. The number of rotatable bonds is 26. The number of primary amides is 1. The number of carbonyl (C=O) groups is 6. The van der Waals surface area contributed by atoms with Gasteiger partial charge in [-0.1, -0.05) is 38.1 Å². The second-order valence-electron chi connectivity index (χ2n) is 15.1. The normalized spacial score (nSPS) is 13.2. The van der Waals surface area contributed by atoms with E-state index in [1.165, 1.54) is 43.4 Å². The number of guanidine groups is 2. The van der Waals surface area contributed by atoms with Crippen molar-refractivity contribution in [2.45, 2.75) is 89.0 Å². The summed E-state index contributed by atoms with van der Waals surface area (Å²) in [6.45, 7) is 3.44. The topological polar surface area (TPSA) is 393 Å². The minimum absolute atomic E-state index is 0.00122. The van der Waals surface area contributed by atoms with Crippen molar-refractivity contribution >= 4 is 53.0 Å². The fourth-order valence-corrected chi connectivity index (χ4v) is 6.12. The van der Waals surface area contributed by atoms with Crippen molar-refractivity contribution in [3.8, 4) is 5.75 Å². The highest BCUT2D eigenvalue weighted by atomic mass is 16.6. The fourth-order valence-electron chi connectivity index (χ4n) is 6.12. The van der Waals surface area contributed by atoms with Crippen LogP contribution in [0, 0.1) is 26.9 Å². The van der Waals surface area contributed by atoms with Crippen molar-refractivity contribution in [2.24, 2.45) is 28.9 Å². The lowest BCUT2D eigenvalue weighted by atomic mass is 10.00. The number of benzene rings is 2. The zero-order valence-corrected chi connectivity index (χ0v) is 35.1. The van der Waals surface area contributed by atoms with Crippen LogP contribution in [-0.2, 0) is 41.6 Å². The Morgan fingerprint density at radius 2 is 1.19 bits per heavy atom. The van der Waals surface area contributed by atoms with E-state index in [4.69, 9.17) is 33.8 Å². The molecule has 0 heterocycles. The summed E-state index contributed by atoms with van der Waals surface area (Å²) < 4.78 is 0. The molecule has 0 fully saturated rings. The van der Waals surface area contributed by atoms with Gasteiger partial charge in [0.1, 0.15) is 29.9 Å². The molecule has 0 saturated heterocycles. The quantitative estimate of drug-likeness (QED) is 0.0158. The molecule has 17 N–H and O–H groups in total. The van der Waals surface area contributed by atoms with Crippen molar-refractivity contribution in [3.63, 3.8) is 0 Å². The van der Waals surface area contributed by atoms with Crippen LogP contribution in [0.1, 0.15) is 57.1 Å². The molecule has 0 radical (unpaired) electrons. The molecule has 5 atom stereocenters. The Morgan fingerprint density at radius 1 is 0.726 bits per heavy atom. The molecule has 0 aliphatic heterocycles. The molecule has 2 aromatic carbocycles. The Labute approximate surface area is 359 Å². The number of likely N-dealkylation sites (N-methyl/N-ethyl adjacent to an activating group) is 1. The van der Waals surface area contributed by atoms with E-state index in [1.807, 2.05) is 0 Å². The number of nitro groups is 1.